The van der Waals surface area contributed by atoms with Crippen LogP contribution in [-0.4, -0.2) is 43.5 Å². The van der Waals surface area contributed by atoms with Crippen molar-refractivity contribution in [2.45, 2.75) is 14.9 Å². The first kappa shape index (κ1) is 20.2. The number of rotatable bonds is 9. The summed E-state index contributed by atoms with van der Waals surface area (Å²) in [7, 11) is -0.239. The Morgan fingerprint density at radius 1 is 1.07 bits per heavy atom. The Balaban J connectivity index is 1.64. The molecule has 3 rings (SSSR count). The van der Waals surface area contributed by atoms with Gasteiger partial charge >= 0.3 is 0 Å². The van der Waals surface area contributed by atoms with Crippen molar-refractivity contribution in [2.75, 3.05) is 25.0 Å². The Morgan fingerprint density at radius 3 is 2.39 bits per heavy atom. The van der Waals surface area contributed by atoms with Gasteiger partial charge in [0.1, 0.15) is 18.7 Å². The van der Waals surface area contributed by atoms with Crippen LogP contribution in [0, 0.1) is 0 Å². The van der Waals surface area contributed by atoms with Gasteiger partial charge in [-0.05, 0) is 60.3 Å². The maximum atomic E-state index is 12.6. The lowest BCUT2D eigenvalue weighted by atomic mass is 10.3. The van der Waals surface area contributed by atoms with Crippen molar-refractivity contribution in [3.05, 3.63) is 54.9 Å². The van der Waals surface area contributed by atoms with E-state index in [2.05, 4.69) is 14.9 Å². The molecule has 1 aromatic heterocycles. The standard InChI is InChI=1S/C18H20N4O4S2/c1-22-13-19-20-18(22)27-16-7-3-14(4-8-16)21-28(23,24)17-9-5-15(6-10-17)26-12-11-25-2/h3-10,13,21H,11-12H2,1-2H3. The predicted molar refractivity (Wildman–Crippen MR) is 106 cm³/mol. The minimum absolute atomic E-state index is 0.157. The Kier molecular flexibility index (Phi) is 6.55. The first-order valence-electron chi connectivity index (χ1n) is 8.34. The SMILES string of the molecule is COCCOc1ccc(S(=O)(=O)Nc2ccc(Sc3nncn3C)cc2)cc1. The molecule has 1 heterocycles. The first-order valence-corrected chi connectivity index (χ1v) is 10.6. The van der Waals surface area contributed by atoms with Crippen LogP contribution in [0.4, 0.5) is 5.69 Å². The molecule has 0 fully saturated rings. The van der Waals surface area contributed by atoms with E-state index >= 15 is 0 Å². The van der Waals surface area contributed by atoms with Crippen molar-refractivity contribution < 1.29 is 17.9 Å². The molecule has 0 aliphatic carbocycles. The van der Waals surface area contributed by atoms with Crippen molar-refractivity contribution in [2.24, 2.45) is 7.05 Å². The van der Waals surface area contributed by atoms with Crippen molar-refractivity contribution in [3.8, 4) is 5.75 Å². The van der Waals surface area contributed by atoms with Crippen molar-refractivity contribution in [1.82, 2.24) is 14.8 Å². The van der Waals surface area contributed by atoms with Crippen LogP contribution in [0.25, 0.3) is 0 Å². The largest absolute Gasteiger partial charge is 0.491 e. The van der Waals surface area contributed by atoms with Crippen LogP contribution in [0.3, 0.4) is 0 Å². The summed E-state index contributed by atoms with van der Waals surface area (Å²) in [6.07, 6.45) is 1.62. The number of aryl methyl sites for hydroxylation is 1. The molecule has 28 heavy (non-hydrogen) atoms. The number of methoxy groups -OCH3 is 1. The third-order valence-electron chi connectivity index (χ3n) is 3.68. The molecule has 0 aliphatic heterocycles. The lowest BCUT2D eigenvalue weighted by molar-refractivity contribution is 0.146. The highest BCUT2D eigenvalue weighted by Gasteiger charge is 2.14. The highest BCUT2D eigenvalue weighted by molar-refractivity contribution is 7.99. The molecule has 0 spiro atoms. The monoisotopic (exact) mass is 420 g/mol. The second-order valence-corrected chi connectivity index (χ2v) is 8.49. The third-order valence-corrected chi connectivity index (χ3v) is 6.13. The van der Waals surface area contributed by atoms with Gasteiger partial charge in [-0.3, -0.25) is 4.72 Å². The number of sulfonamides is 1. The maximum Gasteiger partial charge on any atom is 0.261 e. The zero-order chi connectivity index (χ0) is 20.0. The quantitative estimate of drug-likeness (QED) is 0.532. The van der Waals surface area contributed by atoms with Gasteiger partial charge in [0.2, 0.25) is 0 Å². The topological polar surface area (TPSA) is 95.3 Å². The Bertz CT molecular complexity index is 1000. The molecule has 0 radical (unpaired) electrons. The fraction of sp³-hybridized carbons (Fsp3) is 0.222. The van der Waals surface area contributed by atoms with Gasteiger partial charge in [0.25, 0.3) is 10.0 Å². The molecule has 1 N–H and O–H groups in total. The summed E-state index contributed by atoms with van der Waals surface area (Å²) in [5.41, 5.74) is 0.475. The summed E-state index contributed by atoms with van der Waals surface area (Å²) in [6.45, 7) is 0.867. The number of benzene rings is 2. The number of ether oxygens (including phenoxy) is 2. The zero-order valence-electron chi connectivity index (χ0n) is 15.4. The second kappa shape index (κ2) is 9.09. The summed E-state index contributed by atoms with van der Waals surface area (Å²) in [5, 5.41) is 8.59. The number of nitrogens with zero attached hydrogens (tertiary/aromatic N) is 3. The molecule has 0 saturated carbocycles. The summed E-state index contributed by atoms with van der Waals surface area (Å²) >= 11 is 1.44. The maximum absolute atomic E-state index is 12.6. The summed E-state index contributed by atoms with van der Waals surface area (Å²) in [4.78, 5) is 1.08. The zero-order valence-corrected chi connectivity index (χ0v) is 17.0. The lowest BCUT2D eigenvalue weighted by Gasteiger charge is -2.10. The van der Waals surface area contributed by atoms with E-state index in [-0.39, 0.29) is 4.90 Å². The van der Waals surface area contributed by atoms with Gasteiger partial charge in [-0.2, -0.15) is 0 Å². The van der Waals surface area contributed by atoms with E-state index in [0.717, 1.165) is 10.1 Å². The summed E-state index contributed by atoms with van der Waals surface area (Å²) in [5.74, 6) is 0.584. The van der Waals surface area contributed by atoms with E-state index in [9.17, 15) is 8.42 Å². The molecular weight excluding hydrogens is 400 g/mol. The van der Waals surface area contributed by atoms with E-state index in [1.54, 1.807) is 37.7 Å². The first-order chi connectivity index (χ1) is 13.5. The highest BCUT2D eigenvalue weighted by Crippen LogP contribution is 2.27. The number of anilines is 1. The average molecular weight is 421 g/mol. The van der Waals surface area contributed by atoms with Gasteiger partial charge in [0, 0.05) is 24.7 Å². The van der Waals surface area contributed by atoms with Crippen LogP contribution < -0.4 is 9.46 Å². The minimum atomic E-state index is -3.69. The molecule has 0 bridgehead atoms. The number of aromatic nitrogens is 3. The van der Waals surface area contributed by atoms with Crippen molar-refractivity contribution in [1.29, 1.82) is 0 Å². The molecule has 148 valence electrons. The van der Waals surface area contributed by atoms with Crippen molar-refractivity contribution in [3.63, 3.8) is 0 Å². The Morgan fingerprint density at radius 2 is 1.79 bits per heavy atom. The lowest BCUT2D eigenvalue weighted by Crippen LogP contribution is -2.13. The van der Waals surface area contributed by atoms with Gasteiger partial charge in [-0.25, -0.2) is 8.42 Å². The second-order valence-electron chi connectivity index (χ2n) is 5.77. The fourth-order valence-electron chi connectivity index (χ4n) is 2.23. The molecule has 0 amide bonds. The highest BCUT2D eigenvalue weighted by atomic mass is 32.2. The third kappa shape index (κ3) is 5.24. The molecule has 0 atom stereocenters. The van der Waals surface area contributed by atoms with Crippen LogP contribution in [0.1, 0.15) is 0 Å². The molecule has 2 aromatic carbocycles. The number of nitrogens with one attached hydrogen (secondary N) is 1. The minimum Gasteiger partial charge on any atom is -0.491 e. The molecular formula is C18H20N4O4S2. The smallest absolute Gasteiger partial charge is 0.261 e. The number of hydrogen-bond acceptors (Lipinski definition) is 7. The van der Waals surface area contributed by atoms with Crippen molar-refractivity contribution >= 4 is 27.5 Å². The summed E-state index contributed by atoms with van der Waals surface area (Å²) in [6, 6.07) is 13.3. The predicted octanol–water partition coefficient (Wildman–Crippen LogP) is 2.79. The Hall–Kier alpha value is -2.56. The van der Waals surface area contributed by atoms with Gasteiger partial charge < -0.3 is 14.0 Å². The van der Waals surface area contributed by atoms with E-state index in [1.165, 1.54) is 23.9 Å². The molecule has 0 unspecified atom stereocenters. The molecule has 3 aromatic rings. The van der Waals surface area contributed by atoms with Crippen LogP contribution in [-0.2, 0) is 21.8 Å². The Labute approximate surface area is 167 Å². The molecule has 10 heteroatoms. The van der Waals surface area contributed by atoms with Gasteiger partial charge in [-0.1, -0.05) is 0 Å². The van der Waals surface area contributed by atoms with E-state index in [1.807, 2.05) is 23.7 Å². The normalized spacial score (nSPS) is 11.4. The summed E-state index contributed by atoms with van der Waals surface area (Å²) < 4.78 is 39.9. The van der Waals surface area contributed by atoms with Gasteiger partial charge in [-0.15, -0.1) is 10.2 Å². The van der Waals surface area contributed by atoms with Gasteiger partial charge in [0.15, 0.2) is 5.16 Å². The van der Waals surface area contributed by atoms with E-state index in [4.69, 9.17) is 9.47 Å². The molecule has 8 nitrogen and oxygen atoms in total. The fourth-order valence-corrected chi connectivity index (χ4v) is 4.05. The average Bonchev–Trinajstić information content (AvgIpc) is 3.08. The van der Waals surface area contributed by atoms with E-state index in [0.29, 0.717) is 24.7 Å². The number of hydrogen-bond donors (Lipinski definition) is 1. The van der Waals surface area contributed by atoms with Gasteiger partial charge in [0.05, 0.1) is 11.5 Å². The van der Waals surface area contributed by atoms with Crippen LogP contribution in [0.5, 0.6) is 5.75 Å². The molecule has 0 aliphatic rings. The van der Waals surface area contributed by atoms with E-state index < -0.39 is 10.0 Å². The van der Waals surface area contributed by atoms with Crippen LogP contribution in [0.2, 0.25) is 0 Å². The van der Waals surface area contributed by atoms with Crippen LogP contribution >= 0.6 is 11.8 Å². The molecule has 0 saturated heterocycles. The van der Waals surface area contributed by atoms with Crippen LogP contribution in [0.15, 0.2) is 69.8 Å².